The van der Waals surface area contributed by atoms with Crippen molar-refractivity contribution in [3.8, 4) is 11.7 Å². The molecule has 0 aromatic carbocycles. The quantitative estimate of drug-likeness (QED) is 0.800. The highest BCUT2D eigenvalue weighted by Crippen LogP contribution is 2.23. The van der Waals surface area contributed by atoms with E-state index in [0.717, 1.165) is 0 Å². The Morgan fingerprint density at radius 2 is 2.08 bits per heavy atom. The second kappa shape index (κ2) is 3.63. The number of nitrogens with zero attached hydrogens (tertiary/aromatic N) is 2. The maximum Gasteiger partial charge on any atom is 0.283 e. The molecule has 0 atom stereocenters. The van der Waals surface area contributed by atoms with Crippen molar-refractivity contribution in [1.82, 2.24) is 10.2 Å². The second-order valence-corrected chi connectivity index (χ2v) is 3.58. The number of furan rings is 1. The summed E-state index contributed by atoms with van der Waals surface area (Å²) >= 11 is 6.40. The minimum absolute atomic E-state index is 0.389. The van der Waals surface area contributed by atoms with Crippen LogP contribution in [-0.2, 0) is 5.33 Å². The lowest BCUT2D eigenvalue weighted by Crippen LogP contribution is -1.73. The summed E-state index contributed by atoms with van der Waals surface area (Å²) in [7, 11) is 0. The van der Waals surface area contributed by atoms with Crippen molar-refractivity contribution in [3.05, 3.63) is 22.7 Å². The zero-order valence-electron chi connectivity index (χ0n) is 6.33. The third kappa shape index (κ3) is 1.83. The Labute approximate surface area is 90.6 Å². The van der Waals surface area contributed by atoms with E-state index in [9.17, 15) is 0 Å². The maximum atomic E-state index is 5.25. The number of hydrogen-bond acceptors (Lipinski definition) is 4. The summed E-state index contributed by atoms with van der Waals surface area (Å²) < 4.78 is 11.1. The molecule has 0 bridgehead atoms. The third-order valence-electron chi connectivity index (χ3n) is 1.37. The summed E-state index contributed by atoms with van der Waals surface area (Å²) in [5.41, 5.74) is 0. The van der Waals surface area contributed by atoms with E-state index in [1.165, 1.54) is 0 Å². The van der Waals surface area contributed by atoms with Crippen molar-refractivity contribution in [2.24, 2.45) is 0 Å². The number of alkyl halides is 1. The zero-order valence-corrected chi connectivity index (χ0v) is 9.50. The SMILES string of the molecule is BrCc1nnc(-c2ccc(Br)o2)o1. The van der Waals surface area contributed by atoms with Crippen molar-refractivity contribution in [2.75, 3.05) is 0 Å². The molecule has 0 amide bonds. The lowest BCUT2D eigenvalue weighted by molar-refractivity contribution is 0.487. The summed E-state index contributed by atoms with van der Waals surface area (Å²) in [5, 5.41) is 8.13. The first kappa shape index (κ1) is 8.96. The van der Waals surface area contributed by atoms with Crippen LogP contribution in [0.2, 0.25) is 0 Å². The van der Waals surface area contributed by atoms with Gasteiger partial charge in [0.1, 0.15) is 0 Å². The summed E-state index contributed by atoms with van der Waals surface area (Å²) in [4.78, 5) is 0. The van der Waals surface area contributed by atoms with E-state index in [1.807, 2.05) is 0 Å². The molecular weight excluding hydrogens is 304 g/mol. The van der Waals surface area contributed by atoms with Gasteiger partial charge in [0.2, 0.25) is 5.89 Å². The highest BCUT2D eigenvalue weighted by atomic mass is 79.9. The van der Waals surface area contributed by atoms with Crippen LogP contribution in [0.4, 0.5) is 0 Å². The maximum absolute atomic E-state index is 5.25. The largest absolute Gasteiger partial charge is 0.444 e. The minimum Gasteiger partial charge on any atom is -0.444 e. The fourth-order valence-electron chi connectivity index (χ4n) is 0.836. The van der Waals surface area contributed by atoms with Gasteiger partial charge in [0.15, 0.2) is 10.4 Å². The molecule has 0 N–H and O–H groups in total. The van der Waals surface area contributed by atoms with E-state index in [2.05, 4.69) is 42.1 Å². The molecule has 68 valence electrons. The van der Waals surface area contributed by atoms with Crippen molar-refractivity contribution < 1.29 is 8.83 Å². The molecule has 0 fully saturated rings. The third-order valence-corrected chi connectivity index (χ3v) is 2.27. The van der Waals surface area contributed by atoms with Crippen LogP contribution in [-0.4, -0.2) is 10.2 Å². The van der Waals surface area contributed by atoms with E-state index in [1.54, 1.807) is 12.1 Å². The van der Waals surface area contributed by atoms with E-state index in [-0.39, 0.29) is 0 Å². The average molecular weight is 308 g/mol. The van der Waals surface area contributed by atoms with Crippen LogP contribution in [0.5, 0.6) is 0 Å². The van der Waals surface area contributed by atoms with Crippen molar-refractivity contribution in [2.45, 2.75) is 5.33 Å². The van der Waals surface area contributed by atoms with Gasteiger partial charge in [-0.25, -0.2) is 0 Å². The van der Waals surface area contributed by atoms with Crippen LogP contribution in [0.1, 0.15) is 5.89 Å². The van der Waals surface area contributed by atoms with Gasteiger partial charge in [0, 0.05) is 0 Å². The number of hydrogen-bond donors (Lipinski definition) is 0. The summed E-state index contributed by atoms with van der Waals surface area (Å²) in [6.45, 7) is 0. The molecular formula is C7H4Br2N2O2. The molecule has 2 rings (SSSR count). The Morgan fingerprint density at radius 1 is 1.23 bits per heavy atom. The molecule has 0 aliphatic carbocycles. The second-order valence-electron chi connectivity index (χ2n) is 2.24. The Morgan fingerprint density at radius 3 is 2.62 bits per heavy atom. The molecule has 2 aromatic heterocycles. The molecule has 2 heterocycles. The van der Waals surface area contributed by atoms with Crippen LogP contribution in [0, 0.1) is 0 Å². The predicted molar refractivity (Wildman–Crippen MR) is 52.3 cm³/mol. The summed E-state index contributed by atoms with van der Waals surface area (Å²) in [6, 6.07) is 3.53. The van der Waals surface area contributed by atoms with Gasteiger partial charge in [0.25, 0.3) is 5.89 Å². The van der Waals surface area contributed by atoms with Gasteiger partial charge >= 0.3 is 0 Å². The Hall–Kier alpha value is -0.620. The molecule has 0 aliphatic heterocycles. The first-order valence-electron chi connectivity index (χ1n) is 3.43. The highest BCUT2D eigenvalue weighted by molar-refractivity contribution is 9.10. The number of halogens is 2. The fourth-order valence-corrected chi connectivity index (χ4v) is 1.37. The van der Waals surface area contributed by atoms with Crippen LogP contribution < -0.4 is 0 Å². The first-order valence-corrected chi connectivity index (χ1v) is 5.35. The van der Waals surface area contributed by atoms with Gasteiger partial charge in [-0.2, -0.15) is 0 Å². The van der Waals surface area contributed by atoms with Crippen molar-refractivity contribution >= 4 is 31.9 Å². The molecule has 4 nitrogen and oxygen atoms in total. The molecule has 0 radical (unpaired) electrons. The molecule has 6 heteroatoms. The zero-order chi connectivity index (χ0) is 9.26. The van der Waals surface area contributed by atoms with Crippen LogP contribution in [0.15, 0.2) is 25.6 Å². The summed E-state index contributed by atoms with van der Waals surface area (Å²) in [5.74, 6) is 1.48. The summed E-state index contributed by atoms with van der Waals surface area (Å²) in [6.07, 6.45) is 0. The first-order chi connectivity index (χ1) is 6.29. The molecule has 0 spiro atoms. The number of aromatic nitrogens is 2. The van der Waals surface area contributed by atoms with Crippen molar-refractivity contribution in [3.63, 3.8) is 0 Å². The number of rotatable bonds is 2. The molecule has 13 heavy (non-hydrogen) atoms. The predicted octanol–water partition coefficient (Wildman–Crippen LogP) is 2.99. The van der Waals surface area contributed by atoms with Crippen LogP contribution >= 0.6 is 31.9 Å². The fraction of sp³-hybridized carbons (Fsp3) is 0.143. The van der Waals surface area contributed by atoms with Crippen molar-refractivity contribution in [1.29, 1.82) is 0 Å². The molecule has 2 aromatic rings. The Bertz CT molecular complexity index is 410. The minimum atomic E-state index is 0.389. The van der Waals surface area contributed by atoms with Gasteiger partial charge in [-0.3, -0.25) is 0 Å². The lowest BCUT2D eigenvalue weighted by Gasteiger charge is -1.85. The Balaban J connectivity index is 2.35. The lowest BCUT2D eigenvalue weighted by atomic mass is 10.5. The van der Waals surface area contributed by atoms with Gasteiger partial charge in [-0.05, 0) is 28.1 Å². The van der Waals surface area contributed by atoms with Crippen LogP contribution in [0.25, 0.3) is 11.7 Å². The van der Waals surface area contributed by atoms with Crippen LogP contribution in [0.3, 0.4) is 0 Å². The average Bonchev–Trinajstić information content (AvgIpc) is 2.71. The normalized spacial score (nSPS) is 10.6. The molecule has 0 saturated carbocycles. The van der Waals surface area contributed by atoms with Gasteiger partial charge in [0.05, 0.1) is 5.33 Å². The van der Waals surface area contributed by atoms with E-state index in [0.29, 0.717) is 27.5 Å². The van der Waals surface area contributed by atoms with E-state index >= 15 is 0 Å². The smallest absolute Gasteiger partial charge is 0.283 e. The van der Waals surface area contributed by atoms with E-state index < -0.39 is 0 Å². The van der Waals surface area contributed by atoms with Gasteiger partial charge in [-0.15, -0.1) is 10.2 Å². The monoisotopic (exact) mass is 306 g/mol. The highest BCUT2D eigenvalue weighted by Gasteiger charge is 2.10. The van der Waals surface area contributed by atoms with Gasteiger partial charge < -0.3 is 8.83 Å². The standard InChI is InChI=1S/C7H4Br2N2O2/c8-3-6-10-11-7(13-6)4-1-2-5(9)12-4/h1-2H,3H2. The molecule has 0 aliphatic rings. The topological polar surface area (TPSA) is 52.1 Å². The molecule has 0 unspecified atom stereocenters. The Kier molecular flexibility index (Phi) is 2.50. The van der Waals surface area contributed by atoms with Gasteiger partial charge in [-0.1, -0.05) is 15.9 Å². The van der Waals surface area contributed by atoms with E-state index in [4.69, 9.17) is 8.83 Å². The molecule has 0 saturated heterocycles.